The SMILES string of the molecule is Cc1ccc(N(Cc2ccccc2)S(=O)(=O)c2ccc3oc(=O)ccc3c2)cc1. The molecular formula is C23H19NO4S. The highest BCUT2D eigenvalue weighted by atomic mass is 32.2. The first-order valence-electron chi connectivity index (χ1n) is 9.11. The van der Waals surface area contributed by atoms with E-state index < -0.39 is 15.6 Å². The fourth-order valence-electron chi connectivity index (χ4n) is 3.11. The predicted molar refractivity (Wildman–Crippen MR) is 113 cm³/mol. The summed E-state index contributed by atoms with van der Waals surface area (Å²) < 4.78 is 33.6. The molecular weight excluding hydrogens is 386 g/mol. The van der Waals surface area contributed by atoms with E-state index in [4.69, 9.17) is 4.42 Å². The molecule has 146 valence electrons. The Bertz CT molecular complexity index is 1310. The van der Waals surface area contributed by atoms with Crippen molar-refractivity contribution in [1.29, 1.82) is 0 Å². The lowest BCUT2D eigenvalue weighted by atomic mass is 10.2. The molecule has 0 atom stereocenters. The van der Waals surface area contributed by atoms with Crippen LogP contribution in [0.2, 0.25) is 0 Å². The van der Waals surface area contributed by atoms with Crippen LogP contribution in [-0.2, 0) is 16.6 Å². The van der Waals surface area contributed by atoms with E-state index in [0.29, 0.717) is 16.7 Å². The normalized spacial score (nSPS) is 11.5. The van der Waals surface area contributed by atoms with Gasteiger partial charge in [-0.1, -0.05) is 48.0 Å². The molecule has 0 bridgehead atoms. The van der Waals surface area contributed by atoms with E-state index in [9.17, 15) is 13.2 Å². The van der Waals surface area contributed by atoms with Gasteiger partial charge in [0.2, 0.25) is 0 Å². The van der Waals surface area contributed by atoms with Crippen LogP contribution in [0.5, 0.6) is 0 Å². The van der Waals surface area contributed by atoms with E-state index in [2.05, 4.69) is 0 Å². The number of sulfonamides is 1. The van der Waals surface area contributed by atoms with Gasteiger partial charge in [-0.25, -0.2) is 13.2 Å². The first-order chi connectivity index (χ1) is 13.9. The Hall–Kier alpha value is -3.38. The van der Waals surface area contributed by atoms with E-state index >= 15 is 0 Å². The molecule has 3 aromatic carbocycles. The van der Waals surface area contributed by atoms with E-state index in [1.54, 1.807) is 18.2 Å². The second-order valence-electron chi connectivity index (χ2n) is 6.79. The fraction of sp³-hybridized carbons (Fsp3) is 0.0870. The minimum atomic E-state index is -3.85. The van der Waals surface area contributed by atoms with Gasteiger partial charge in [-0.05, 0) is 48.9 Å². The largest absolute Gasteiger partial charge is 0.423 e. The van der Waals surface area contributed by atoms with E-state index in [1.165, 1.54) is 28.6 Å². The molecule has 0 aliphatic carbocycles. The molecule has 0 unspecified atom stereocenters. The maximum Gasteiger partial charge on any atom is 0.336 e. The lowest BCUT2D eigenvalue weighted by Crippen LogP contribution is -2.30. The second-order valence-corrected chi connectivity index (χ2v) is 8.65. The average Bonchev–Trinajstić information content (AvgIpc) is 2.73. The van der Waals surface area contributed by atoms with Crippen LogP contribution in [0.15, 0.2) is 99.0 Å². The molecule has 0 fully saturated rings. The van der Waals surface area contributed by atoms with Crippen LogP contribution in [0.3, 0.4) is 0 Å². The maximum atomic E-state index is 13.6. The van der Waals surface area contributed by atoms with Gasteiger partial charge in [0.15, 0.2) is 0 Å². The van der Waals surface area contributed by atoms with Gasteiger partial charge in [0.1, 0.15) is 5.58 Å². The van der Waals surface area contributed by atoms with Crippen molar-refractivity contribution in [2.24, 2.45) is 0 Å². The number of hydrogen-bond donors (Lipinski definition) is 0. The van der Waals surface area contributed by atoms with Crippen LogP contribution in [0.1, 0.15) is 11.1 Å². The predicted octanol–water partition coefficient (Wildman–Crippen LogP) is 4.50. The van der Waals surface area contributed by atoms with Crippen molar-refractivity contribution >= 4 is 26.7 Å². The lowest BCUT2D eigenvalue weighted by molar-refractivity contribution is 0.560. The van der Waals surface area contributed by atoms with Crippen molar-refractivity contribution in [2.45, 2.75) is 18.4 Å². The van der Waals surface area contributed by atoms with Gasteiger partial charge in [0, 0.05) is 11.5 Å². The van der Waals surface area contributed by atoms with Gasteiger partial charge in [0.05, 0.1) is 17.1 Å². The molecule has 0 spiro atoms. The highest BCUT2D eigenvalue weighted by molar-refractivity contribution is 7.92. The monoisotopic (exact) mass is 405 g/mol. The van der Waals surface area contributed by atoms with Gasteiger partial charge in [-0.3, -0.25) is 4.31 Å². The average molecular weight is 405 g/mol. The summed E-state index contributed by atoms with van der Waals surface area (Å²) in [7, 11) is -3.85. The van der Waals surface area contributed by atoms with Crippen molar-refractivity contribution in [3.63, 3.8) is 0 Å². The molecule has 4 rings (SSSR count). The number of rotatable bonds is 5. The summed E-state index contributed by atoms with van der Waals surface area (Å²) >= 11 is 0. The number of nitrogens with zero attached hydrogens (tertiary/aromatic N) is 1. The third kappa shape index (κ3) is 3.93. The molecule has 0 saturated heterocycles. The molecule has 0 aliphatic rings. The summed E-state index contributed by atoms with van der Waals surface area (Å²) in [6.45, 7) is 2.16. The zero-order valence-corrected chi connectivity index (χ0v) is 16.6. The number of fused-ring (bicyclic) bond motifs is 1. The number of anilines is 1. The van der Waals surface area contributed by atoms with E-state index in [1.807, 2.05) is 49.4 Å². The molecule has 1 heterocycles. The second kappa shape index (κ2) is 7.56. The minimum Gasteiger partial charge on any atom is -0.423 e. The smallest absolute Gasteiger partial charge is 0.336 e. The number of benzene rings is 3. The Balaban J connectivity index is 1.82. The first-order valence-corrected chi connectivity index (χ1v) is 10.5. The topological polar surface area (TPSA) is 67.6 Å². The molecule has 4 aromatic rings. The van der Waals surface area contributed by atoms with Gasteiger partial charge in [-0.15, -0.1) is 0 Å². The summed E-state index contributed by atoms with van der Waals surface area (Å²) in [6.07, 6.45) is 0. The van der Waals surface area contributed by atoms with Gasteiger partial charge >= 0.3 is 5.63 Å². The minimum absolute atomic E-state index is 0.135. The first kappa shape index (κ1) is 19.0. The van der Waals surface area contributed by atoms with Crippen molar-refractivity contribution < 1.29 is 12.8 Å². The van der Waals surface area contributed by atoms with E-state index in [-0.39, 0.29) is 11.4 Å². The molecule has 29 heavy (non-hydrogen) atoms. The van der Waals surface area contributed by atoms with Gasteiger partial charge < -0.3 is 4.42 Å². The zero-order chi connectivity index (χ0) is 20.4. The molecule has 1 aromatic heterocycles. The molecule has 6 heteroatoms. The summed E-state index contributed by atoms with van der Waals surface area (Å²) in [5.74, 6) is 0. The Labute approximate surface area is 168 Å². The van der Waals surface area contributed by atoms with Crippen molar-refractivity contribution in [1.82, 2.24) is 0 Å². The summed E-state index contributed by atoms with van der Waals surface area (Å²) in [6, 6.07) is 24.2. The van der Waals surface area contributed by atoms with Crippen molar-refractivity contribution in [2.75, 3.05) is 4.31 Å². The van der Waals surface area contributed by atoms with Crippen LogP contribution >= 0.6 is 0 Å². The summed E-state index contributed by atoms with van der Waals surface area (Å²) in [5.41, 5.74) is 2.38. The zero-order valence-electron chi connectivity index (χ0n) is 15.8. The summed E-state index contributed by atoms with van der Waals surface area (Å²) in [4.78, 5) is 11.5. The highest BCUT2D eigenvalue weighted by Gasteiger charge is 2.25. The quantitative estimate of drug-likeness (QED) is 0.459. The fourth-order valence-corrected chi connectivity index (χ4v) is 4.60. The molecule has 0 amide bonds. The van der Waals surface area contributed by atoms with Crippen LogP contribution < -0.4 is 9.93 Å². The van der Waals surface area contributed by atoms with Crippen LogP contribution in [0, 0.1) is 6.92 Å². The van der Waals surface area contributed by atoms with Crippen molar-refractivity contribution in [3.05, 3.63) is 106 Å². The van der Waals surface area contributed by atoms with Crippen molar-refractivity contribution in [3.8, 4) is 0 Å². The third-order valence-electron chi connectivity index (χ3n) is 4.67. The standard InChI is InChI=1S/C23H19NO4S/c1-17-7-10-20(11-8-17)24(16-18-5-3-2-4-6-18)29(26,27)21-12-13-22-19(15-21)9-14-23(25)28-22/h2-15H,16H2,1H3. The van der Waals surface area contributed by atoms with Crippen LogP contribution in [0.25, 0.3) is 11.0 Å². The van der Waals surface area contributed by atoms with E-state index in [0.717, 1.165) is 11.1 Å². The third-order valence-corrected chi connectivity index (χ3v) is 6.44. The molecule has 0 N–H and O–H groups in total. The maximum absolute atomic E-state index is 13.6. The Morgan fingerprint density at radius 3 is 2.31 bits per heavy atom. The van der Waals surface area contributed by atoms with Crippen LogP contribution in [-0.4, -0.2) is 8.42 Å². The number of aryl methyl sites for hydroxylation is 1. The Morgan fingerprint density at radius 2 is 1.59 bits per heavy atom. The molecule has 0 aliphatic heterocycles. The lowest BCUT2D eigenvalue weighted by Gasteiger charge is -2.25. The number of hydrogen-bond acceptors (Lipinski definition) is 4. The molecule has 0 saturated carbocycles. The van der Waals surface area contributed by atoms with Crippen LogP contribution in [0.4, 0.5) is 5.69 Å². The molecule has 5 nitrogen and oxygen atoms in total. The summed E-state index contributed by atoms with van der Waals surface area (Å²) in [5, 5.41) is 0.550. The Kier molecular flexibility index (Phi) is 4.94. The van der Waals surface area contributed by atoms with Gasteiger partial charge in [0.25, 0.3) is 10.0 Å². The van der Waals surface area contributed by atoms with Gasteiger partial charge in [-0.2, -0.15) is 0 Å². The Morgan fingerprint density at radius 1 is 0.862 bits per heavy atom. The molecule has 0 radical (unpaired) electrons. The highest BCUT2D eigenvalue weighted by Crippen LogP contribution is 2.28.